The fourth-order valence-corrected chi connectivity index (χ4v) is 3.33. The number of anilines is 1. The summed E-state index contributed by atoms with van der Waals surface area (Å²) < 4.78 is 10.9. The van der Waals surface area contributed by atoms with Crippen LogP contribution in [0, 0.1) is 0 Å². The van der Waals surface area contributed by atoms with Crippen molar-refractivity contribution in [1.82, 2.24) is 4.90 Å². The van der Waals surface area contributed by atoms with Gasteiger partial charge in [0.05, 0.1) is 19.9 Å². The van der Waals surface area contributed by atoms with E-state index in [1.54, 1.807) is 20.3 Å². The van der Waals surface area contributed by atoms with Crippen molar-refractivity contribution in [3.8, 4) is 11.5 Å². The second-order valence-corrected chi connectivity index (χ2v) is 6.85. The summed E-state index contributed by atoms with van der Waals surface area (Å²) in [4.78, 5) is 17.0. The van der Waals surface area contributed by atoms with Crippen LogP contribution in [-0.4, -0.2) is 51.7 Å². The first-order valence-corrected chi connectivity index (χ1v) is 8.99. The summed E-state index contributed by atoms with van der Waals surface area (Å²) in [6, 6.07) is 13.9. The molecule has 0 N–H and O–H groups in total. The van der Waals surface area contributed by atoms with Crippen LogP contribution < -0.4 is 14.4 Å². The van der Waals surface area contributed by atoms with Crippen molar-refractivity contribution in [2.45, 2.75) is 12.5 Å². The molecule has 0 bridgehead atoms. The fraction of sp³-hybridized carbons (Fsp3) is 0.318. The van der Waals surface area contributed by atoms with Gasteiger partial charge in [-0.05, 0) is 43.8 Å². The lowest BCUT2D eigenvalue weighted by Crippen LogP contribution is -2.47. The first kappa shape index (κ1) is 19.0. The minimum absolute atomic E-state index is 0.0427. The molecule has 1 atom stereocenters. The van der Waals surface area contributed by atoms with Gasteiger partial charge in [-0.15, -0.1) is 0 Å². The standard InChI is InChI=1S/C22H26N2O3/c1-23(2)18-12-17-13-20(26-3)21(27-4)14-19(17)24(15-18)22(25)11-10-16-8-6-5-7-9-16/h5-11,13-14,18H,12,15H2,1-4H3/b11-10+. The Morgan fingerprint density at radius 3 is 2.41 bits per heavy atom. The first-order valence-electron chi connectivity index (χ1n) is 8.99. The highest BCUT2D eigenvalue weighted by atomic mass is 16.5. The third-order valence-electron chi connectivity index (χ3n) is 4.94. The average molecular weight is 366 g/mol. The van der Waals surface area contributed by atoms with Crippen LogP contribution in [0.2, 0.25) is 0 Å². The van der Waals surface area contributed by atoms with Gasteiger partial charge in [-0.25, -0.2) is 0 Å². The molecule has 5 nitrogen and oxygen atoms in total. The highest BCUT2D eigenvalue weighted by Crippen LogP contribution is 2.38. The number of likely N-dealkylation sites (N-methyl/N-ethyl adjacent to an activating group) is 1. The van der Waals surface area contributed by atoms with Gasteiger partial charge in [0.2, 0.25) is 0 Å². The molecule has 0 saturated carbocycles. The molecule has 1 amide bonds. The van der Waals surface area contributed by atoms with Crippen LogP contribution in [0.4, 0.5) is 5.69 Å². The van der Waals surface area contributed by atoms with Crippen LogP contribution in [0.3, 0.4) is 0 Å². The van der Waals surface area contributed by atoms with Crippen LogP contribution in [0.1, 0.15) is 11.1 Å². The smallest absolute Gasteiger partial charge is 0.251 e. The van der Waals surface area contributed by atoms with E-state index >= 15 is 0 Å². The lowest BCUT2D eigenvalue weighted by Gasteiger charge is -2.37. The molecule has 2 aromatic carbocycles. The summed E-state index contributed by atoms with van der Waals surface area (Å²) in [6.07, 6.45) is 4.34. The van der Waals surface area contributed by atoms with Crippen molar-refractivity contribution in [3.05, 3.63) is 59.7 Å². The molecule has 0 fully saturated rings. The van der Waals surface area contributed by atoms with Crippen LogP contribution in [0.5, 0.6) is 11.5 Å². The van der Waals surface area contributed by atoms with Crippen molar-refractivity contribution in [2.24, 2.45) is 0 Å². The summed E-state index contributed by atoms with van der Waals surface area (Å²) in [5.41, 5.74) is 2.96. The third-order valence-corrected chi connectivity index (χ3v) is 4.94. The molecular weight excluding hydrogens is 340 g/mol. The Morgan fingerprint density at radius 1 is 1.11 bits per heavy atom. The summed E-state index contributed by atoms with van der Waals surface area (Å²) >= 11 is 0. The van der Waals surface area contributed by atoms with Crippen LogP contribution in [0.15, 0.2) is 48.5 Å². The molecule has 1 heterocycles. The van der Waals surface area contributed by atoms with E-state index in [4.69, 9.17) is 9.47 Å². The van der Waals surface area contributed by atoms with Crippen molar-refractivity contribution in [1.29, 1.82) is 0 Å². The Labute approximate surface area is 160 Å². The molecule has 1 unspecified atom stereocenters. The Hall–Kier alpha value is -2.79. The van der Waals surface area contributed by atoms with Crippen molar-refractivity contribution in [2.75, 3.05) is 39.8 Å². The van der Waals surface area contributed by atoms with Crippen LogP contribution in [0.25, 0.3) is 6.08 Å². The van der Waals surface area contributed by atoms with E-state index in [1.807, 2.05) is 67.5 Å². The highest BCUT2D eigenvalue weighted by Gasteiger charge is 2.30. The zero-order valence-corrected chi connectivity index (χ0v) is 16.3. The van der Waals surface area contributed by atoms with Gasteiger partial charge in [0, 0.05) is 24.7 Å². The van der Waals surface area contributed by atoms with Gasteiger partial charge in [-0.2, -0.15) is 0 Å². The number of rotatable bonds is 5. The molecule has 0 saturated heterocycles. The minimum atomic E-state index is -0.0427. The van der Waals surface area contributed by atoms with E-state index in [0.717, 1.165) is 23.2 Å². The Morgan fingerprint density at radius 2 is 1.78 bits per heavy atom. The molecule has 1 aliphatic heterocycles. The molecule has 0 aromatic heterocycles. The summed E-state index contributed by atoms with van der Waals surface area (Å²) in [6.45, 7) is 0.632. The Balaban J connectivity index is 1.96. The summed E-state index contributed by atoms with van der Waals surface area (Å²) in [5.74, 6) is 1.27. The third kappa shape index (κ3) is 4.14. The molecule has 5 heteroatoms. The molecule has 0 spiro atoms. The zero-order valence-electron chi connectivity index (χ0n) is 16.3. The van der Waals surface area contributed by atoms with Crippen LogP contribution >= 0.6 is 0 Å². The van der Waals surface area contributed by atoms with Gasteiger partial charge in [-0.3, -0.25) is 4.79 Å². The second kappa shape index (κ2) is 8.27. The molecule has 0 aliphatic carbocycles. The van der Waals surface area contributed by atoms with E-state index in [0.29, 0.717) is 18.0 Å². The predicted molar refractivity (Wildman–Crippen MR) is 109 cm³/mol. The lowest BCUT2D eigenvalue weighted by atomic mass is 9.96. The molecule has 2 aromatic rings. The topological polar surface area (TPSA) is 42.0 Å². The van der Waals surface area contributed by atoms with E-state index in [-0.39, 0.29) is 11.9 Å². The number of benzene rings is 2. The number of ether oxygens (including phenoxy) is 2. The van der Waals surface area contributed by atoms with E-state index in [2.05, 4.69) is 4.90 Å². The Bertz CT molecular complexity index is 831. The lowest BCUT2D eigenvalue weighted by molar-refractivity contribution is -0.114. The zero-order chi connectivity index (χ0) is 19.4. The number of nitrogens with zero attached hydrogens (tertiary/aromatic N) is 2. The maximum atomic E-state index is 13.0. The average Bonchev–Trinajstić information content (AvgIpc) is 2.70. The fourth-order valence-electron chi connectivity index (χ4n) is 3.33. The quantitative estimate of drug-likeness (QED) is 0.762. The molecule has 1 aliphatic rings. The number of hydrogen-bond acceptors (Lipinski definition) is 4. The molecule has 27 heavy (non-hydrogen) atoms. The monoisotopic (exact) mass is 366 g/mol. The maximum Gasteiger partial charge on any atom is 0.251 e. The number of fused-ring (bicyclic) bond motifs is 1. The van der Waals surface area contributed by atoms with Crippen LogP contribution in [-0.2, 0) is 11.2 Å². The van der Waals surface area contributed by atoms with Gasteiger partial charge >= 0.3 is 0 Å². The van der Waals surface area contributed by atoms with Gasteiger partial charge in [0.15, 0.2) is 11.5 Å². The normalized spacial score (nSPS) is 16.5. The van der Waals surface area contributed by atoms with E-state index < -0.39 is 0 Å². The molecular formula is C22H26N2O3. The molecule has 0 radical (unpaired) electrons. The first-order chi connectivity index (χ1) is 13.0. The van der Waals surface area contributed by atoms with E-state index in [1.165, 1.54) is 0 Å². The number of methoxy groups -OCH3 is 2. The largest absolute Gasteiger partial charge is 0.493 e. The van der Waals surface area contributed by atoms with Crippen molar-refractivity contribution >= 4 is 17.7 Å². The summed E-state index contributed by atoms with van der Waals surface area (Å²) in [5, 5.41) is 0. The minimum Gasteiger partial charge on any atom is -0.493 e. The number of carbonyl (C=O) groups is 1. The second-order valence-electron chi connectivity index (χ2n) is 6.85. The van der Waals surface area contributed by atoms with Crippen molar-refractivity contribution < 1.29 is 14.3 Å². The van der Waals surface area contributed by atoms with Gasteiger partial charge in [-0.1, -0.05) is 30.3 Å². The number of carbonyl (C=O) groups excluding carboxylic acids is 1. The SMILES string of the molecule is COc1cc2c(cc1OC)N(C(=O)/C=C/c1ccccc1)CC(N(C)C)C2. The summed E-state index contributed by atoms with van der Waals surface area (Å²) in [7, 11) is 7.32. The number of hydrogen-bond donors (Lipinski definition) is 0. The maximum absolute atomic E-state index is 13.0. The molecule has 142 valence electrons. The van der Waals surface area contributed by atoms with Gasteiger partial charge < -0.3 is 19.3 Å². The highest BCUT2D eigenvalue weighted by molar-refractivity contribution is 6.05. The van der Waals surface area contributed by atoms with Gasteiger partial charge in [0.25, 0.3) is 5.91 Å². The number of amides is 1. The van der Waals surface area contributed by atoms with Crippen molar-refractivity contribution in [3.63, 3.8) is 0 Å². The predicted octanol–water partition coefficient (Wildman–Crippen LogP) is 3.24. The van der Waals surface area contributed by atoms with E-state index in [9.17, 15) is 4.79 Å². The Kier molecular flexibility index (Phi) is 5.81. The van der Waals surface area contributed by atoms with Gasteiger partial charge in [0.1, 0.15) is 0 Å². The molecule has 3 rings (SSSR count).